The molecule has 0 amide bonds. The van der Waals surface area contributed by atoms with Crippen molar-refractivity contribution < 1.29 is 14.3 Å². The monoisotopic (exact) mass is 244 g/mol. The van der Waals surface area contributed by atoms with Gasteiger partial charge in [0.2, 0.25) is 0 Å². The third-order valence-corrected chi connectivity index (χ3v) is 4.15. The van der Waals surface area contributed by atoms with Crippen molar-refractivity contribution >= 4 is 11.8 Å². The zero-order chi connectivity index (χ0) is 12.7. The Morgan fingerprint density at radius 3 is 2.78 bits per heavy atom. The minimum absolute atomic E-state index is 0.0257. The summed E-state index contributed by atoms with van der Waals surface area (Å²) in [6.07, 6.45) is 1.12. The zero-order valence-electron chi connectivity index (χ0n) is 10.4. The maximum absolute atomic E-state index is 12.0. The van der Waals surface area contributed by atoms with Crippen molar-refractivity contribution in [2.45, 2.75) is 31.6 Å². The average Bonchev–Trinajstić information content (AvgIpc) is 2.39. The lowest BCUT2D eigenvalue weighted by Crippen LogP contribution is -2.40. The number of fused-ring (bicyclic) bond motifs is 2. The van der Waals surface area contributed by atoms with Crippen molar-refractivity contribution in [2.75, 3.05) is 6.61 Å². The van der Waals surface area contributed by atoms with E-state index in [0.717, 1.165) is 5.56 Å². The van der Waals surface area contributed by atoms with Crippen LogP contribution in [-0.4, -0.2) is 18.4 Å². The van der Waals surface area contributed by atoms with E-state index in [0.29, 0.717) is 19.4 Å². The normalized spacial score (nSPS) is 28.9. The number of Topliss-reactive ketones (excluding diaryl/α,β-unsaturated/α-hetero) is 1. The van der Waals surface area contributed by atoms with Crippen LogP contribution in [0.25, 0.3) is 0 Å². The fourth-order valence-electron chi connectivity index (χ4n) is 3.35. The van der Waals surface area contributed by atoms with Gasteiger partial charge in [0.05, 0.1) is 12.5 Å². The van der Waals surface area contributed by atoms with Crippen LogP contribution >= 0.6 is 0 Å². The second kappa shape index (κ2) is 4.23. The van der Waals surface area contributed by atoms with Gasteiger partial charge >= 0.3 is 5.97 Å². The van der Waals surface area contributed by atoms with Gasteiger partial charge in [-0.1, -0.05) is 24.3 Å². The summed E-state index contributed by atoms with van der Waals surface area (Å²) in [5, 5.41) is 0. The molecule has 0 heterocycles. The van der Waals surface area contributed by atoms with Crippen LogP contribution < -0.4 is 0 Å². The maximum Gasteiger partial charge on any atom is 0.309 e. The van der Waals surface area contributed by atoms with E-state index in [-0.39, 0.29) is 29.5 Å². The maximum atomic E-state index is 12.0. The highest BCUT2D eigenvalue weighted by Crippen LogP contribution is 2.50. The highest BCUT2D eigenvalue weighted by molar-refractivity contribution is 5.92. The van der Waals surface area contributed by atoms with Crippen molar-refractivity contribution in [1.29, 1.82) is 0 Å². The molecule has 18 heavy (non-hydrogen) atoms. The van der Waals surface area contributed by atoms with Crippen LogP contribution in [0, 0.1) is 5.92 Å². The third-order valence-electron chi connectivity index (χ3n) is 4.15. The number of esters is 1. The van der Waals surface area contributed by atoms with Crippen LogP contribution in [0.4, 0.5) is 0 Å². The van der Waals surface area contributed by atoms with Gasteiger partial charge in [-0.25, -0.2) is 0 Å². The Kier molecular flexibility index (Phi) is 2.69. The summed E-state index contributed by atoms with van der Waals surface area (Å²) >= 11 is 0. The zero-order valence-corrected chi connectivity index (χ0v) is 10.4. The number of ether oxygens (including phenoxy) is 1. The van der Waals surface area contributed by atoms with Gasteiger partial charge in [-0.05, 0) is 24.5 Å². The number of carbonyl (C=O) groups is 2. The molecule has 0 radical (unpaired) electrons. The van der Waals surface area contributed by atoms with Gasteiger partial charge in [-0.3, -0.25) is 9.59 Å². The van der Waals surface area contributed by atoms with Crippen LogP contribution in [0.2, 0.25) is 0 Å². The highest BCUT2D eigenvalue weighted by Gasteiger charge is 2.47. The summed E-state index contributed by atoms with van der Waals surface area (Å²) < 4.78 is 5.13. The van der Waals surface area contributed by atoms with E-state index in [4.69, 9.17) is 4.74 Å². The smallest absolute Gasteiger partial charge is 0.309 e. The molecule has 2 bridgehead atoms. The summed E-state index contributed by atoms with van der Waals surface area (Å²) in [4.78, 5) is 24.0. The molecule has 3 heteroatoms. The number of hydrogen-bond acceptors (Lipinski definition) is 3. The Labute approximate surface area is 106 Å². The average molecular weight is 244 g/mol. The molecule has 3 aliphatic carbocycles. The number of ketones is 1. The Morgan fingerprint density at radius 1 is 1.33 bits per heavy atom. The van der Waals surface area contributed by atoms with E-state index in [2.05, 4.69) is 0 Å². The van der Waals surface area contributed by atoms with E-state index in [1.54, 1.807) is 0 Å². The molecule has 1 saturated carbocycles. The molecule has 4 rings (SSSR count). The molecule has 1 aromatic rings. The van der Waals surface area contributed by atoms with Gasteiger partial charge in [-0.15, -0.1) is 0 Å². The molecule has 1 aromatic carbocycles. The van der Waals surface area contributed by atoms with E-state index in [1.807, 2.05) is 31.2 Å². The van der Waals surface area contributed by atoms with Crippen molar-refractivity contribution in [3.8, 4) is 0 Å². The molecule has 3 nitrogen and oxygen atoms in total. The van der Waals surface area contributed by atoms with Gasteiger partial charge in [-0.2, -0.15) is 0 Å². The fourth-order valence-corrected chi connectivity index (χ4v) is 3.35. The van der Waals surface area contributed by atoms with Crippen molar-refractivity contribution in [3.05, 3.63) is 35.4 Å². The number of carbonyl (C=O) groups excluding carboxylic acids is 2. The van der Waals surface area contributed by atoms with E-state index in [1.165, 1.54) is 5.56 Å². The summed E-state index contributed by atoms with van der Waals surface area (Å²) in [6.45, 7) is 2.22. The Bertz CT molecular complexity index is 506. The van der Waals surface area contributed by atoms with E-state index >= 15 is 0 Å². The number of benzene rings is 1. The summed E-state index contributed by atoms with van der Waals surface area (Å²) in [5.74, 6) is -0.0744. The standard InChI is InChI=1S/C15H16O3/c1-2-18-15(17)13-7-12-10-6-4-3-5-9(10)11(13)8-14(12)16/h3-6,11-13H,2,7-8H2,1H3. The predicted molar refractivity (Wildman–Crippen MR) is 66.3 cm³/mol. The molecule has 0 N–H and O–H groups in total. The molecule has 0 aromatic heterocycles. The second-order valence-corrected chi connectivity index (χ2v) is 5.05. The Hall–Kier alpha value is -1.64. The first-order valence-electron chi connectivity index (χ1n) is 6.50. The molecule has 3 atom stereocenters. The summed E-state index contributed by atoms with van der Waals surface area (Å²) in [5.41, 5.74) is 2.30. The van der Waals surface area contributed by atoms with Gasteiger partial charge in [0.1, 0.15) is 5.78 Å². The molecular weight excluding hydrogens is 228 g/mol. The Morgan fingerprint density at radius 2 is 2.06 bits per heavy atom. The molecule has 0 saturated heterocycles. The topological polar surface area (TPSA) is 43.4 Å². The quantitative estimate of drug-likeness (QED) is 0.750. The van der Waals surface area contributed by atoms with Gasteiger partial charge in [0, 0.05) is 18.3 Å². The first-order valence-corrected chi connectivity index (χ1v) is 6.50. The number of rotatable bonds is 2. The molecule has 0 aliphatic heterocycles. The van der Waals surface area contributed by atoms with Crippen LogP contribution in [0.3, 0.4) is 0 Å². The van der Waals surface area contributed by atoms with Crippen LogP contribution in [0.5, 0.6) is 0 Å². The van der Waals surface area contributed by atoms with E-state index in [9.17, 15) is 9.59 Å². The summed E-state index contributed by atoms with van der Waals surface area (Å²) in [7, 11) is 0. The van der Waals surface area contributed by atoms with Gasteiger partial charge < -0.3 is 4.74 Å². The number of hydrogen-bond donors (Lipinski definition) is 0. The minimum Gasteiger partial charge on any atom is -0.466 e. The van der Waals surface area contributed by atoms with Crippen LogP contribution in [0.15, 0.2) is 24.3 Å². The SMILES string of the molecule is CCOC(=O)C1CC2C(=O)CC1c1ccccc12. The second-order valence-electron chi connectivity index (χ2n) is 5.05. The Balaban J connectivity index is 1.99. The van der Waals surface area contributed by atoms with Gasteiger partial charge in [0.15, 0.2) is 0 Å². The summed E-state index contributed by atoms with van der Waals surface area (Å²) in [6, 6.07) is 8.01. The third kappa shape index (κ3) is 1.57. The molecule has 0 spiro atoms. The minimum atomic E-state index is -0.144. The molecule has 1 fully saturated rings. The largest absolute Gasteiger partial charge is 0.466 e. The first-order chi connectivity index (χ1) is 8.72. The van der Waals surface area contributed by atoms with Crippen molar-refractivity contribution in [1.82, 2.24) is 0 Å². The molecular formula is C15H16O3. The lowest BCUT2D eigenvalue weighted by Gasteiger charge is -2.41. The highest BCUT2D eigenvalue weighted by atomic mass is 16.5. The fraction of sp³-hybridized carbons (Fsp3) is 0.467. The lowest BCUT2D eigenvalue weighted by molar-refractivity contribution is -0.151. The molecule has 3 unspecified atom stereocenters. The van der Waals surface area contributed by atoms with E-state index < -0.39 is 0 Å². The van der Waals surface area contributed by atoms with Crippen LogP contribution in [0.1, 0.15) is 42.7 Å². The lowest BCUT2D eigenvalue weighted by atomic mass is 9.61. The van der Waals surface area contributed by atoms with Crippen LogP contribution in [-0.2, 0) is 14.3 Å². The van der Waals surface area contributed by atoms with Gasteiger partial charge in [0.25, 0.3) is 0 Å². The molecule has 3 aliphatic rings. The van der Waals surface area contributed by atoms with Crippen molar-refractivity contribution in [2.24, 2.45) is 5.92 Å². The first kappa shape index (κ1) is 11.5. The predicted octanol–water partition coefficient (Wildman–Crippen LogP) is 2.41. The van der Waals surface area contributed by atoms with Crippen molar-refractivity contribution in [3.63, 3.8) is 0 Å². The molecule has 94 valence electrons.